The van der Waals surface area contributed by atoms with Crippen LogP contribution in [0.15, 0.2) is 97.9 Å². The lowest BCUT2D eigenvalue weighted by atomic mass is 9.78. The molecular weight excluding hydrogens is 669 g/mol. The van der Waals surface area contributed by atoms with Crippen molar-refractivity contribution in [1.29, 1.82) is 0 Å². The van der Waals surface area contributed by atoms with Crippen molar-refractivity contribution in [3.8, 4) is 33.6 Å². The van der Waals surface area contributed by atoms with Crippen LogP contribution in [0.3, 0.4) is 0 Å². The van der Waals surface area contributed by atoms with Crippen LogP contribution in [0.5, 0.6) is 0 Å². The predicted octanol–water partition coefficient (Wildman–Crippen LogP) is 11.5. The number of aromatic nitrogens is 2. The lowest BCUT2D eigenvalue weighted by Gasteiger charge is -2.27. The molecule has 54 heavy (non-hydrogen) atoms. The second-order valence-corrected chi connectivity index (χ2v) is 24.8. The summed E-state index contributed by atoms with van der Waals surface area (Å²) in [6, 6.07) is 26.7. The molecule has 274 valence electrons. The molecular formula is C51H58N2Si+2. The van der Waals surface area contributed by atoms with Crippen molar-refractivity contribution in [3.05, 3.63) is 142 Å². The minimum atomic E-state index is -1.61. The molecule has 2 aromatic heterocycles. The second-order valence-electron chi connectivity index (χ2n) is 19.7. The average Bonchev–Trinajstić information content (AvgIpc) is 3.33. The van der Waals surface area contributed by atoms with Crippen LogP contribution >= 0.6 is 0 Å². The fraction of sp³-hybridized carbons (Fsp3) is 0.333. The molecule has 3 heteroatoms. The van der Waals surface area contributed by atoms with E-state index in [0.29, 0.717) is 0 Å². The predicted molar refractivity (Wildman–Crippen MR) is 233 cm³/mol. The third-order valence-corrected chi connectivity index (χ3v) is 14.6. The molecule has 0 fully saturated rings. The Hall–Kier alpha value is -4.60. The number of nitrogens with zero attached hydrogens (tertiary/aromatic N) is 2. The van der Waals surface area contributed by atoms with Gasteiger partial charge < -0.3 is 0 Å². The van der Waals surface area contributed by atoms with E-state index in [1.807, 2.05) is 6.08 Å². The van der Waals surface area contributed by atoms with E-state index in [-0.39, 0.29) is 16.2 Å². The number of hydrogen-bond acceptors (Lipinski definition) is 0. The first-order chi connectivity index (χ1) is 25.3. The van der Waals surface area contributed by atoms with Crippen LogP contribution < -0.4 is 14.3 Å². The maximum absolute atomic E-state index is 3.92. The summed E-state index contributed by atoms with van der Waals surface area (Å²) < 4.78 is 5.11. The van der Waals surface area contributed by atoms with Crippen molar-refractivity contribution in [3.63, 3.8) is 0 Å². The van der Waals surface area contributed by atoms with Gasteiger partial charge in [-0.2, -0.15) is 9.13 Å². The minimum absolute atomic E-state index is 0.0330. The summed E-state index contributed by atoms with van der Waals surface area (Å²) in [5.41, 5.74) is 21.9. The highest BCUT2D eigenvalue weighted by atomic mass is 28.3. The molecule has 0 saturated heterocycles. The van der Waals surface area contributed by atoms with Gasteiger partial charge in [0.05, 0.1) is 32.0 Å². The van der Waals surface area contributed by atoms with Gasteiger partial charge in [0.2, 0.25) is 11.4 Å². The first-order valence-corrected chi connectivity index (χ1v) is 23.4. The van der Waals surface area contributed by atoms with Gasteiger partial charge in [-0.3, -0.25) is 0 Å². The van der Waals surface area contributed by atoms with Gasteiger partial charge in [-0.25, -0.2) is 0 Å². The molecule has 1 aliphatic carbocycles. The maximum atomic E-state index is 3.92. The van der Waals surface area contributed by atoms with Crippen molar-refractivity contribution >= 4 is 30.7 Å². The Balaban J connectivity index is 1.40. The zero-order valence-corrected chi connectivity index (χ0v) is 35.8. The van der Waals surface area contributed by atoms with Gasteiger partial charge in [0.25, 0.3) is 11.4 Å². The molecule has 2 nitrogen and oxygen atoms in total. The summed E-state index contributed by atoms with van der Waals surface area (Å²) in [6.07, 6.45) is 12.7. The number of rotatable bonds is 3. The summed E-state index contributed by atoms with van der Waals surface area (Å²) in [7, 11) is -1.61. The van der Waals surface area contributed by atoms with Crippen LogP contribution in [0.4, 0.5) is 0 Å². The van der Waals surface area contributed by atoms with E-state index in [9.17, 15) is 0 Å². The Labute approximate surface area is 325 Å². The molecule has 4 heterocycles. The molecule has 5 aromatic rings. The van der Waals surface area contributed by atoms with E-state index in [4.69, 9.17) is 0 Å². The monoisotopic (exact) mass is 726 g/mol. The molecule has 0 bridgehead atoms. The number of allylic oxidation sites excluding steroid dienone is 4. The molecule has 0 amide bonds. The number of hydrogen-bond donors (Lipinski definition) is 0. The summed E-state index contributed by atoms with van der Waals surface area (Å²) in [4.78, 5) is 0. The van der Waals surface area contributed by atoms with E-state index in [1.165, 1.54) is 94.7 Å². The van der Waals surface area contributed by atoms with Crippen molar-refractivity contribution in [2.45, 2.75) is 111 Å². The van der Waals surface area contributed by atoms with Gasteiger partial charge in [-0.05, 0) is 91.2 Å². The van der Waals surface area contributed by atoms with E-state index < -0.39 is 8.07 Å². The molecule has 0 saturated carbocycles. The van der Waals surface area contributed by atoms with Gasteiger partial charge in [0.15, 0.2) is 12.4 Å². The number of benzene rings is 3. The van der Waals surface area contributed by atoms with Crippen molar-refractivity contribution in [2.24, 2.45) is 0 Å². The van der Waals surface area contributed by atoms with Gasteiger partial charge in [0, 0.05) is 29.2 Å². The topological polar surface area (TPSA) is 7.76 Å². The number of fused-ring (bicyclic) bond motifs is 9. The Bertz CT molecular complexity index is 2480. The fourth-order valence-electron chi connectivity index (χ4n) is 9.28. The zero-order valence-electron chi connectivity index (χ0n) is 34.8. The largest absolute Gasteiger partial charge is 0.259 e. The third-order valence-electron chi connectivity index (χ3n) is 12.5. The molecule has 3 aromatic carbocycles. The van der Waals surface area contributed by atoms with Gasteiger partial charge in [-0.1, -0.05) is 130 Å². The summed E-state index contributed by atoms with van der Waals surface area (Å²) in [5.74, 6) is 0. The van der Waals surface area contributed by atoms with Gasteiger partial charge in [-0.15, -0.1) is 0 Å². The van der Waals surface area contributed by atoms with Crippen molar-refractivity contribution < 1.29 is 9.13 Å². The third kappa shape index (κ3) is 5.73. The first kappa shape index (κ1) is 36.4. The molecule has 3 aliphatic rings. The normalized spacial score (nSPS) is 17.0. The molecule has 0 spiro atoms. The lowest BCUT2D eigenvalue weighted by molar-refractivity contribution is -0.602. The molecule has 0 unspecified atom stereocenters. The minimum Gasteiger partial charge on any atom is -0.158 e. The lowest BCUT2D eigenvalue weighted by Crippen LogP contribution is -2.49. The standard InChI is InChI=1S/C51H58N2Si/c1-14-15-16-33-17-20-40-42-30-41-35(26-43(42)51(9,10)48(40)32(33)2)28-46(52-24-23-38(29-45(41)52)54(11,12)13)47-27-34-25-36(49(3,4)5)18-21-39(34)44-22-19-37(31-53(44)47)50(6,7)8/h14-26,29-31H,1,27-28H2,2-13H3/q+2/b16-15-,47-46+. The van der Waals surface area contributed by atoms with Crippen LogP contribution in [-0.2, 0) is 29.1 Å². The van der Waals surface area contributed by atoms with E-state index in [2.05, 4.69) is 189 Å². The highest BCUT2D eigenvalue weighted by Crippen LogP contribution is 2.53. The Morgan fingerprint density at radius 3 is 2.00 bits per heavy atom. The number of pyridine rings is 2. The summed E-state index contributed by atoms with van der Waals surface area (Å²) in [5, 5.41) is 1.49. The Kier molecular flexibility index (Phi) is 8.22. The van der Waals surface area contributed by atoms with Crippen molar-refractivity contribution in [2.75, 3.05) is 0 Å². The van der Waals surface area contributed by atoms with Crippen LogP contribution in [0, 0.1) is 6.92 Å². The SMILES string of the molecule is C=C/C=C\c1ccc2c(c1C)C(C)(C)c1cc3c(cc1-2)-c1cc([Si](C)(C)C)cc[n+]1/C(=C1\Cc2cc(C(C)(C)C)ccc2-c2ccc(C(C)(C)C)c[n+]21)C3. The van der Waals surface area contributed by atoms with Gasteiger partial charge >= 0.3 is 0 Å². The van der Waals surface area contributed by atoms with Gasteiger partial charge in [0.1, 0.15) is 0 Å². The highest BCUT2D eigenvalue weighted by Gasteiger charge is 2.43. The van der Waals surface area contributed by atoms with Crippen LogP contribution in [0.1, 0.15) is 99.9 Å². The molecule has 8 rings (SSSR count). The van der Waals surface area contributed by atoms with Crippen molar-refractivity contribution in [1.82, 2.24) is 0 Å². The van der Waals surface area contributed by atoms with E-state index in [0.717, 1.165) is 12.8 Å². The highest BCUT2D eigenvalue weighted by molar-refractivity contribution is 6.88. The average molecular weight is 727 g/mol. The second kappa shape index (κ2) is 12.2. The smallest absolute Gasteiger partial charge is 0.158 e. The molecule has 0 atom stereocenters. The summed E-state index contributed by atoms with van der Waals surface area (Å²) >= 11 is 0. The van der Waals surface area contributed by atoms with Crippen LogP contribution in [-0.4, -0.2) is 8.07 Å². The molecule has 2 aliphatic heterocycles. The van der Waals surface area contributed by atoms with E-state index >= 15 is 0 Å². The van der Waals surface area contributed by atoms with Crippen LogP contribution in [0.25, 0.3) is 51.1 Å². The molecule has 0 N–H and O–H groups in total. The van der Waals surface area contributed by atoms with E-state index in [1.54, 1.807) is 0 Å². The Morgan fingerprint density at radius 1 is 0.685 bits per heavy atom. The quantitative estimate of drug-likeness (QED) is 0.0993. The molecule has 0 radical (unpaired) electrons. The first-order valence-electron chi connectivity index (χ1n) is 19.9. The van der Waals surface area contributed by atoms with Crippen LogP contribution in [0.2, 0.25) is 19.6 Å². The Morgan fingerprint density at radius 2 is 1.33 bits per heavy atom. The zero-order chi connectivity index (χ0) is 38.7. The fourth-order valence-corrected chi connectivity index (χ4v) is 10.4. The maximum Gasteiger partial charge on any atom is 0.259 e. The summed E-state index contributed by atoms with van der Waals surface area (Å²) in [6.45, 7) is 32.4.